The first-order chi connectivity index (χ1) is 12.5. The second-order valence-corrected chi connectivity index (χ2v) is 7.71. The molecule has 1 aromatic heterocycles. The lowest BCUT2D eigenvalue weighted by atomic mass is 10.1. The molecule has 0 saturated carbocycles. The number of hydrogen-bond donors (Lipinski definition) is 1. The Kier molecular flexibility index (Phi) is 4.18. The standard InChI is InChI=1S/C19H17NO5S/c1-13-4-7-15(8-5-13)26(21,22)20-19(17-3-2-10-23-17)14-6-9-16-18(11-14)25-12-24-16/h2-11,19-20H,12H2,1H3/t19-/m0/s1. The predicted octanol–water partition coefficient (Wildman–Crippen LogP) is 3.38. The third-order valence-electron chi connectivity index (χ3n) is 4.16. The van der Waals surface area contributed by atoms with E-state index < -0.39 is 16.1 Å². The van der Waals surface area contributed by atoms with Gasteiger partial charge in [0.2, 0.25) is 16.8 Å². The summed E-state index contributed by atoms with van der Waals surface area (Å²) in [4.78, 5) is 0.195. The minimum Gasteiger partial charge on any atom is -0.467 e. The number of sulfonamides is 1. The van der Waals surface area contributed by atoms with Crippen LogP contribution in [0.15, 0.2) is 70.2 Å². The predicted molar refractivity (Wildman–Crippen MR) is 94.6 cm³/mol. The van der Waals surface area contributed by atoms with Crippen LogP contribution in [0.1, 0.15) is 22.9 Å². The number of aryl methyl sites for hydroxylation is 1. The number of furan rings is 1. The van der Waals surface area contributed by atoms with Crippen molar-refractivity contribution in [2.24, 2.45) is 0 Å². The van der Waals surface area contributed by atoms with Crippen LogP contribution < -0.4 is 14.2 Å². The quantitative estimate of drug-likeness (QED) is 0.744. The highest BCUT2D eigenvalue weighted by Crippen LogP contribution is 2.36. The minimum absolute atomic E-state index is 0.152. The van der Waals surface area contributed by atoms with Crippen LogP contribution in [0.3, 0.4) is 0 Å². The zero-order valence-corrected chi connectivity index (χ0v) is 14.8. The van der Waals surface area contributed by atoms with E-state index in [2.05, 4.69) is 4.72 Å². The Morgan fingerprint density at radius 2 is 1.77 bits per heavy atom. The molecule has 134 valence electrons. The molecular weight excluding hydrogens is 354 g/mol. The fourth-order valence-corrected chi connectivity index (χ4v) is 3.97. The summed E-state index contributed by atoms with van der Waals surface area (Å²) in [7, 11) is -3.75. The SMILES string of the molecule is Cc1ccc(S(=O)(=O)N[C@@H](c2ccc3c(c2)OCO3)c2ccco2)cc1. The lowest BCUT2D eigenvalue weighted by molar-refractivity contribution is 0.174. The smallest absolute Gasteiger partial charge is 0.241 e. The molecule has 0 saturated heterocycles. The van der Waals surface area contributed by atoms with E-state index in [4.69, 9.17) is 13.9 Å². The molecule has 4 rings (SSSR count). The van der Waals surface area contributed by atoms with Crippen molar-refractivity contribution >= 4 is 10.0 Å². The van der Waals surface area contributed by atoms with Gasteiger partial charge in [-0.05, 0) is 48.9 Å². The van der Waals surface area contributed by atoms with E-state index in [1.807, 2.05) is 6.92 Å². The van der Waals surface area contributed by atoms with Crippen molar-refractivity contribution in [3.8, 4) is 11.5 Å². The van der Waals surface area contributed by atoms with Crippen molar-refractivity contribution in [1.29, 1.82) is 0 Å². The van der Waals surface area contributed by atoms with Crippen molar-refractivity contribution in [3.63, 3.8) is 0 Å². The molecule has 3 aromatic rings. The summed E-state index contributed by atoms with van der Waals surface area (Å²) in [6, 6.07) is 14.7. The zero-order valence-electron chi connectivity index (χ0n) is 14.0. The Bertz CT molecular complexity index is 1010. The number of nitrogens with one attached hydrogen (secondary N) is 1. The van der Waals surface area contributed by atoms with E-state index in [9.17, 15) is 8.42 Å². The number of benzene rings is 2. The summed E-state index contributed by atoms with van der Waals surface area (Å²) in [5, 5.41) is 0. The first-order valence-electron chi connectivity index (χ1n) is 8.05. The maximum atomic E-state index is 12.8. The van der Waals surface area contributed by atoms with Crippen LogP contribution in [0.2, 0.25) is 0 Å². The van der Waals surface area contributed by atoms with Crippen LogP contribution in [-0.2, 0) is 10.0 Å². The maximum Gasteiger partial charge on any atom is 0.241 e. The Balaban J connectivity index is 1.72. The van der Waals surface area contributed by atoms with E-state index >= 15 is 0 Å². The highest BCUT2D eigenvalue weighted by atomic mass is 32.2. The van der Waals surface area contributed by atoms with Crippen molar-refractivity contribution in [2.45, 2.75) is 17.9 Å². The van der Waals surface area contributed by atoms with Gasteiger partial charge in [-0.25, -0.2) is 8.42 Å². The van der Waals surface area contributed by atoms with Gasteiger partial charge in [-0.1, -0.05) is 23.8 Å². The fraction of sp³-hybridized carbons (Fsp3) is 0.158. The van der Waals surface area contributed by atoms with Gasteiger partial charge in [-0.3, -0.25) is 0 Å². The minimum atomic E-state index is -3.75. The van der Waals surface area contributed by atoms with Gasteiger partial charge < -0.3 is 13.9 Å². The highest BCUT2D eigenvalue weighted by molar-refractivity contribution is 7.89. The molecule has 2 aromatic carbocycles. The number of ether oxygens (including phenoxy) is 2. The van der Waals surface area contributed by atoms with Crippen molar-refractivity contribution in [3.05, 3.63) is 77.7 Å². The van der Waals surface area contributed by atoms with Gasteiger partial charge in [0.25, 0.3) is 0 Å². The summed E-state index contributed by atoms with van der Waals surface area (Å²) in [6.45, 7) is 2.06. The van der Waals surface area contributed by atoms with Gasteiger partial charge in [0.15, 0.2) is 11.5 Å². The summed E-state index contributed by atoms with van der Waals surface area (Å²) in [6.07, 6.45) is 1.51. The molecule has 0 fully saturated rings. The van der Waals surface area contributed by atoms with E-state index in [1.165, 1.54) is 6.26 Å². The van der Waals surface area contributed by atoms with Crippen LogP contribution in [0, 0.1) is 6.92 Å². The van der Waals surface area contributed by atoms with Gasteiger partial charge in [0.05, 0.1) is 11.2 Å². The van der Waals surface area contributed by atoms with Crippen molar-refractivity contribution in [1.82, 2.24) is 4.72 Å². The molecule has 1 aliphatic rings. The van der Waals surface area contributed by atoms with Crippen LogP contribution in [0.25, 0.3) is 0 Å². The lowest BCUT2D eigenvalue weighted by Crippen LogP contribution is -2.29. The van der Waals surface area contributed by atoms with Crippen LogP contribution >= 0.6 is 0 Å². The number of hydrogen-bond acceptors (Lipinski definition) is 5. The first-order valence-corrected chi connectivity index (χ1v) is 9.53. The number of rotatable bonds is 5. The van der Waals surface area contributed by atoms with E-state index in [0.29, 0.717) is 22.8 Å². The second-order valence-electron chi connectivity index (χ2n) is 6.00. The Morgan fingerprint density at radius 1 is 1.00 bits per heavy atom. The first kappa shape index (κ1) is 16.7. The van der Waals surface area contributed by atoms with Gasteiger partial charge in [0, 0.05) is 0 Å². The molecule has 26 heavy (non-hydrogen) atoms. The molecule has 0 unspecified atom stereocenters. The van der Waals surface area contributed by atoms with E-state index in [1.54, 1.807) is 54.6 Å². The van der Waals surface area contributed by atoms with Crippen LogP contribution in [0.4, 0.5) is 0 Å². The van der Waals surface area contributed by atoms with Gasteiger partial charge >= 0.3 is 0 Å². The maximum absolute atomic E-state index is 12.8. The molecule has 1 N–H and O–H groups in total. The molecular formula is C19H17NO5S. The molecule has 0 aliphatic carbocycles. The summed E-state index contributed by atoms with van der Waals surface area (Å²) >= 11 is 0. The molecule has 0 bridgehead atoms. The van der Waals surface area contributed by atoms with E-state index in [-0.39, 0.29) is 11.7 Å². The third-order valence-corrected chi connectivity index (χ3v) is 5.60. The van der Waals surface area contributed by atoms with Crippen LogP contribution in [-0.4, -0.2) is 15.2 Å². The third kappa shape index (κ3) is 3.18. The van der Waals surface area contributed by atoms with Crippen molar-refractivity contribution in [2.75, 3.05) is 6.79 Å². The molecule has 1 atom stereocenters. The molecule has 0 radical (unpaired) electrons. The zero-order chi connectivity index (χ0) is 18.1. The fourth-order valence-electron chi connectivity index (χ4n) is 2.78. The average molecular weight is 371 g/mol. The van der Waals surface area contributed by atoms with Gasteiger partial charge in [-0.2, -0.15) is 4.72 Å². The topological polar surface area (TPSA) is 77.8 Å². The van der Waals surface area contributed by atoms with Crippen LogP contribution in [0.5, 0.6) is 11.5 Å². The number of fused-ring (bicyclic) bond motifs is 1. The van der Waals surface area contributed by atoms with Crippen molar-refractivity contribution < 1.29 is 22.3 Å². The molecule has 2 heterocycles. The lowest BCUT2D eigenvalue weighted by Gasteiger charge is -2.18. The summed E-state index contributed by atoms with van der Waals surface area (Å²) < 4.78 is 44.6. The Morgan fingerprint density at radius 3 is 2.50 bits per heavy atom. The largest absolute Gasteiger partial charge is 0.467 e. The Labute approximate surface area is 151 Å². The molecule has 7 heteroatoms. The van der Waals surface area contributed by atoms with E-state index in [0.717, 1.165) is 5.56 Å². The molecule has 1 aliphatic heterocycles. The Hall–Kier alpha value is -2.77. The molecule has 0 amide bonds. The van der Waals surface area contributed by atoms with Gasteiger partial charge in [0.1, 0.15) is 11.8 Å². The average Bonchev–Trinajstić information content (AvgIpc) is 3.31. The van der Waals surface area contributed by atoms with Gasteiger partial charge in [-0.15, -0.1) is 0 Å². The molecule has 6 nitrogen and oxygen atoms in total. The highest BCUT2D eigenvalue weighted by Gasteiger charge is 2.26. The molecule has 0 spiro atoms. The second kappa shape index (κ2) is 6.51. The normalized spacial score (nSPS) is 14.3. The summed E-state index contributed by atoms with van der Waals surface area (Å²) in [5.41, 5.74) is 1.68. The monoisotopic (exact) mass is 371 g/mol. The summed E-state index contributed by atoms with van der Waals surface area (Å²) in [5.74, 6) is 1.70.